The predicted octanol–water partition coefficient (Wildman–Crippen LogP) is 4.65. The third-order valence-electron chi connectivity index (χ3n) is 8.83. The molecule has 0 spiro atoms. The lowest BCUT2D eigenvalue weighted by Crippen LogP contribution is -2.59. The molecule has 15 heteroatoms. The monoisotopic (exact) mass is 707 g/mol. The van der Waals surface area contributed by atoms with E-state index in [9.17, 15) is 20.0 Å². The number of carbonyl (C=O) groups excluding carboxylic acids is 1. The highest BCUT2D eigenvalue weighted by molar-refractivity contribution is 6.30. The lowest BCUT2D eigenvalue weighted by molar-refractivity contribution is -0.757. The van der Waals surface area contributed by atoms with Crippen molar-refractivity contribution in [3.63, 3.8) is 0 Å². The smallest absolute Gasteiger partial charge is 0.409 e. The number of likely N-dealkylation sites (tertiary alicyclic amines) is 1. The van der Waals surface area contributed by atoms with Crippen molar-refractivity contribution in [2.24, 2.45) is 0 Å². The van der Waals surface area contributed by atoms with Gasteiger partial charge in [0.25, 0.3) is 5.09 Å². The van der Waals surface area contributed by atoms with Gasteiger partial charge in [-0.15, -0.1) is 10.1 Å². The maximum Gasteiger partial charge on any atom is 0.409 e. The Hall–Kier alpha value is -3.56. The topological polar surface area (TPSA) is 152 Å². The molecular weight excluding hydrogens is 662 g/mol. The Labute approximate surface area is 291 Å². The summed E-state index contributed by atoms with van der Waals surface area (Å²) in [7, 11) is 1.69. The molecule has 1 saturated carbocycles. The third kappa shape index (κ3) is 11.0. The minimum absolute atomic E-state index is 0.00357. The van der Waals surface area contributed by atoms with Gasteiger partial charge in [0.1, 0.15) is 36.4 Å². The number of methoxy groups -OCH3 is 1. The number of benzene rings is 2. The number of hydrogen-bond acceptors (Lipinski definition) is 12. The van der Waals surface area contributed by atoms with Crippen LogP contribution in [0.4, 0.5) is 10.5 Å². The first kappa shape index (κ1) is 36.7. The molecule has 2 aromatic rings. The van der Waals surface area contributed by atoms with E-state index in [0.717, 1.165) is 67.9 Å². The first-order valence-electron chi connectivity index (χ1n) is 16.8. The van der Waals surface area contributed by atoms with Gasteiger partial charge in [-0.3, -0.25) is 0 Å². The van der Waals surface area contributed by atoms with Gasteiger partial charge in [-0.1, -0.05) is 17.7 Å². The van der Waals surface area contributed by atoms with Crippen LogP contribution < -0.4 is 14.4 Å². The van der Waals surface area contributed by atoms with Crippen molar-refractivity contribution < 1.29 is 48.2 Å². The van der Waals surface area contributed by atoms with Crippen molar-refractivity contribution in [2.75, 3.05) is 64.6 Å². The minimum Gasteiger partial charge on any atom is -0.490 e. The summed E-state index contributed by atoms with van der Waals surface area (Å²) in [6, 6.07) is 13.3. The number of piperidine rings is 1. The predicted molar refractivity (Wildman–Crippen MR) is 179 cm³/mol. The maximum absolute atomic E-state index is 12.9. The molecule has 0 radical (unpaired) electrons. The molecule has 14 nitrogen and oxygen atoms in total. The van der Waals surface area contributed by atoms with E-state index >= 15 is 0 Å². The molecule has 2 aliphatic heterocycles. The van der Waals surface area contributed by atoms with E-state index in [0.29, 0.717) is 18.2 Å². The second-order valence-corrected chi connectivity index (χ2v) is 12.8. The van der Waals surface area contributed by atoms with Gasteiger partial charge >= 0.3 is 6.09 Å². The summed E-state index contributed by atoms with van der Waals surface area (Å²) in [5.41, 5.74) is 1.91. The maximum atomic E-state index is 12.9. The lowest BCUT2D eigenvalue weighted by atomic mass is 9.93. The Morgan fingerprint density at radius 3 is 2.57 bits per heavy atom. The zero-order valence-electron chi connectivity index (χ0n) is 27.8. The molecule has 270 valence electrons. The number of fused-ring (bicyclic) bond motifs is 1. The first-order chi connectivity index (χ1) is 23.8. The van der Waals surface area contributed by atoms with Crippen molar-refractivity contribution in [1.82, 2.24) is 4.90 Å². The number of anilines is 1. The summed E-state index contributed by atoms with van der Waals surface area (Å²) < 4.78 is 35.6. The number of halogens is 1. The van der Waals surface area contributed by atoms with Gasteiger partial charge < -0.3 is 48.2 Å². The third-order valence-corrected chi connectivity index (χ3v) is 9.09. The van der Waals surface area contributed by atoms with Crippen LogP contribution in [0, 0.1) is 10.1 Å². The fourth-order valence-electron chi connectivity index (χ4n) is 6.35. The molecule has 0 bridgehead atoms. The SMILES string of the molecule is COCCCN1CCOc2ccc(COC3CN(C(=O)OCCCO[N+](=O)[O-])CC(O)C3OC3CCC(Oc4ccc(Cl)cc4)CC3)cc21. The Bertz CT molecular complexity index is 1350. The molecule has 2 fully saturated rings. The average Bonchev–Trinajstić information content (AvgIpc) is 3.10. The molecule has 3 atom stereocenters. The molecule has 1 aliphatic carbocycles. The van der Waals surface area contributed by atoms with Crippen LogP contribution in [0.5, 0.6) is 11.5 Å². The number of amides is 1. The Morgan fingerprint density at radius 1 is 1.04 bits per heavy atom. The van der Waals surface area contributed by atoms with E-state index in [-0.39, 0.29) is 51.5 Å². The van der Waals surface area contributed by atoms with Crippen LogP contribution in [-0.4, -0.2) is 111 Å². The quantitative estimate of drug-likeness (QED) is 0.147. The number of ether oxygens (including phenoxy) is 6. The molecule has 1 saturated heterocycles. The summed E-state index contributed by atoms with van der Waals surface area (Å²) in [6.45, 7) is 2.99. The molecule has 1 amide bonds. The zero-order valence-corrected chi connectivity index (χ0v) is 28.5. The number of nitrogens with zero attached hydrogens (tertiary/aromatic N) is 3. The van der Waals surface area contributed by atoms with Gasteiger partial charge in [-0.25, -0.2) is 4.79 Å². The zero-order chi connectivity index (χ0) is 34.6. The normalized spacial score (nSPS) is 23.7. The number of rotatable bonds is 16. The first-order valence-corrected chi connectivity index (χ1v) is 17.2. The molecule has 5 rings (SSSR count). The highest BCUT2D eigenvalue weighted by Gasteiger charge is 2.42. The standard InChI is InChI=1S/C34H46ClN3O11/c1-43-16-2-14-36-15-19-44-31-13-4-24(20-29(31)36)23-46-32-22-37(34(40)45-17-3-18-47-38(41)42)21-30(39)33(32)49-28-11-9-27(10-12-28)48-26-7-5-25(35)6-8-26/h4-8,13,20,27-28,30,32-33,39H,2-3,9-12,14-19,21-23H2,1H3. The Morgan fingerprint density at radius 2 is 1.82 bits per heavy atom. The van der Waals surface area contributed by atoms with Gasteiger partial charge in [0.2, 0.25) is 0 Å². The highest BCUT2D eigenvalue weighted by Crippen LogP contribution is 2.34. The number of aliphatic hydroxyl groups excluding tert-OH is 1. The summed E-state index contributed by atoms with van der Waals surface area (Å²) in [4.78, 5) is 31.3. The van der Waals surface area contributed by atoms with Crippen LogP contribution in [0.25, 0.3) is 0 Å². The van der Waals surface area contributed by atoms with Crippen LogP contribution in [-0.2, 0) is 30.4 Å². The van der Waals surface area contributed by atoms with Crippen molar-refractivity contribution >= 4 is 23.4 Å². The summed E-state index contributed by atoms with van der Waals surface area (Å²) in [5, 5.41) is 21.5. The summed E-state index contributed by atoms with van der Waals surface area (Å²) >= 11 is 6.00. The van der Waals surface area contributed by atoms with E-state index < -0.39 is 29.5 Å². The van der Waals surface area contributed by atoms with Crippen molar-refractivity contribution in [2.45, 2.75) is 75.7 Å². The van der Waals surface area contributed by atoms with Crippen LogP contribution in [0.1, 0.15) is 44.1 Å². The largest absolute Gasteiger partial charge is 0.490 e. The van der Waals surface area contributed by atoms with Crippen LogP contribution in [0.15, 0.2) is 42.5 Å². The van der Waals surface area contributed by atoms with Crippen molar-refractivity contribution in [1.29, 1.82) is 0 Å². The van der Waals surface area contributed by atoms with E-state index in [4.69, 9.17) is 40.0 Å². The molecular formula is C34H46ClN3O11. The van der Waals surface area contributed by atoms with Gasteiger partial charge in [0, 0.05) is 31.7 Å². The summed E-state index contributed by atoms with van der Waals surface area (Å²) in [6.07, 6.45) is 1.05. The van der Waals surface area contributed by atoms with Gasteiger partial charge in [-0.05, 0) is 74.1 Å². The van der Waals surface area contributed by atoms with Crippen LogP contribution in [0.3, 0.4) is 0 Å². The number of hydrogen-bond donors (Lipinski definition) is 1. The molecule has 1 N–H and O–H groups in total. The highest BCUT2D eigenvalue weighted by atomic mass is 35.5. The second-order valence-electron chi connectivity index (χ2n) is 12.4. The van der Waals surface area contributed by atoms with Gasteiger partial charge in [0.05, 0.1) is 57.4 Å². The molecule has 49 heavy (non-hydrogen) atoms. The number of β-amino-alcohol motifs (C(OH)–C–C–N with tert-alkyl or cyclic N) is 1. The van der Waals surface area contributed by atoms with Crippen LogP contribution >= 0.6 is 11.6 Å². The fourth-order valence-corrected chi connectivity index (χ4v) is 6.48. The molecule has 0 aromatic heterocycles. The van der Waals surface area contributed by atoms with E-state index in [1.165, 1.54) is 4.90 Å². The lowest BCUT2D eigenvalue weighted by Gasteiger charge is -2.43. The van der Waals surface area contributed by atoms with Gasteiger partial charge in [-0.2, -0.15) is 0 Å². The van der Waals surface area contributed by atoms with E-state index in [1.807, 2.05) is 24.3 Å². The van der Waals surface area contributed by atoms with Crippen molar-refractivity contribution in [3.05, 3.63) is 63.2 Å². The van der Waals surface area contributed by atoms with E-state index in [2.05, 4.69) is 15.8 Å². The average molecular weight is 708 g/mol. The molecule has 2 heterocycles. The number of carbonyl (C=O) groups is 1. The molecule has 3 unspecified atom stereocenters. The minimum atomic E-state index is -1.03. The Kier molecular flexibility index (Phi) is 13.8. The van der Waals surface area contributed by atoms with Crippen LogP contribution in [0.2, 0.25) is 5.02 Å². The second kappa shape index (κ2) is 18.4. The summed E-state index contributed by atoms with van der Waals surface area (Å²) in [5.74, 6) is 1.59. The molecule has 2 aromatic carbocycles. The molecule has 3 aliphatic rings. The van der Waals surface area contributed by atoms with E-state index in [1.54, 1.807) is 19.2 Å². The number of aliphatic hydroxyl groups is 1. The van der Waals surface area contributed by atoms with Crippen molar-refractivity contribution in [3.8, 4) is 11.5 Å². The fraction of sp³-hybridized carbons (Fsp3) is 0.618. The Balaban J connectivity index is 1.21. The van der Waals surface area contributed by atoms with Gasteiger partial charge in [0.15, 0.2) is 0 Å².